The van der Waals surface area contributed by atoms with Crippen LogP contribution in [0.5, 0.6) is 5.75 Å². The predicted octanol–water partition coefficient (Wildman–Crippen LogP) is 3.46. The van der Waals surface area contributed by atoms with E-state index in [-0.39, 0.29) is 5.60 Å². The Labute approximate surface area is 110 Å². The number of ether oxygens (including phenoxy) is 2. The van der Waals surface area contributed by atoms with Crippen molar-refractivity contribution in [3.05, 3.63) is 28.2 Å². The summed E-state index contributed by atoms with van der Waals surface area (Å²) in [5.41, 5.74) is 0.427. The lowest BCUT2D eigenvalue weighted by Crippen LogP contribution is -2.22. The van der Waals surface area contributed by atoms with Gasteiger partial charge < -0.3 is 9.47 Å². The van der Waals surface area contributed by atoms with E-state index < -0.39 is 0 Å². The van der Waals surface area contributed by atoms with Gasteiger partial charge in [0.25, 0.3) is 0 Å². The lowest BCUT2D eigenvalue weighted by molar-refractivity contribution is -0.0163. The Hall–Kier alpha value is -0.870. The first-order valence-electron chi connectivity index (χ1n) is 5.44. The van der Waals surface area contributed by atoms with Gasteiger partial charge in [0, 0.05) is 10.0 Å². The number of aldehydes is 1. The number of benzene rings is 1. The molecule has 0 heterocycles. The number of hydrogen-bond donors (Lipinski definition) is 0. The minimum Gasteiger partial charge on any atom is -0.491 e. The third-order valence-electron chi connectivity index (χ3n) is 1.98. The molecule has 0 radical (unpaired) electrons. The lowest BCUT2D eigenvalue weighted by Gasteiger charge is -2.19. The van der Waals surface area contributed by atoms with Crippen molar-refractivity contribution in [1.29, 1.82) is 0 Å². The topological polar surface area (TPSA) is 35.5 Å². The fourth-order valence-corrected chi connectivity index (χ4v) is 1.55. The van der Waals surface area contributed by atoms with Crippen molar-refractivity contribution in [2.45, 2.75) is 26.4 Å². The first-order valence-corrected chi connectivity index (χ1v) is 6.23. The van der Waals surface area contributed by atoms with Crippen molar-refractivity contribution in [2.75, 3.05) is 13.2 Å². The summed E-state index contributed by atoms with van der Waals surface area (Å²) in [4.78, 5) is 10.7. The zero-order valence-corrected chi connectivity index (χ0v) is 11.9. The summed E-state index contributed by atoms with van der Waals surface area (Å²) in [7, 11) is 0. The molecule has 0 fully saturated rings. The van der Waals surface area contributed by atoms with Gasteiger partial charge in [-0.2, -0.15) is 0 Å². The van der Waals surface area contributed by atoms with Gasteiger partial charge in [0.2, 0.25) is 0 Å². The highest BCUT2D eigenvalue weighted by atomic mass is 79.9. The van der Waals surface area contributed by atoms with Gasteiger partial charge in [0.15, 0.2) is 6.29 Å². The van der Waals surface area contributed by atoms with Gasteiger partial charge in [-0.05, 0) is 39.0 Å². The van der Waals surface area contributed by atoms with Crippen molar-refractivity contribution < 1.29 is 14.3 Å². The second-order valence-corrected chi connectivity index (χ2v) is 5.46. The molecule has 3 nitrogen and oxygen atoms in total. The van der Waals surface area contributed by atoms with Crippen LogP contribution in [0.25, 0.3) is 0 Å². The van der Waals surface area contributed by atoms with Crippen LogP contribution in [0, 0.1) is 0 Å². The Kier molecular flexibility index (Phi) is 5.15. The van der Waals surface area contributed by atoms with Gasteiger partial charge in [0.1, 0.15) is 12.4 Å². The molecular formula is C13H17BrO3. The Balaban J connectivity index is 2.45. The van der Waals surface area contributed by atoms with E-state index in [1.165, 1.54) is 0 Å². The van der Waals surface area contributed by atoms with Crippen LogP contribution < -0.4 is 4.74 Å². The zero-order valence-electron chi connectivity index (χ0n) is 10.3. The predicted molar refractivity (Wildman–Crippen MR) is 70.7 cm³/mol. The number of carbonyl (C=O) groups excluding carboxylic acids is 1. The standard InChI is InChI=1S/C13H17BrO3/c1-13(2,3)17-7-6-16-11-4-5-12(14)10(8-11)9-15/h4-5,8-9H,6-7H2,1-3H3. The molecule has 0 atom stereocenters. The van der Waals surface area contributed by atoms with Crippen LogP contribution in [0.4, 0.5) is 0 Å². The molecule has 0 amide bonds. The summed E-state index contributed by atoms with van der Waals surface area (Å²) in [6, 6.07) is 5.31. The molecule has 0 aliphatic carbocycles. The Morgan fingerprint density at radius 3 is 2.59 bits per heavy atom. The molecule has 1 rings (SSSR count). The third kappa shape index (κ3) is 5.33. The molecule has 0 spiro atoms. The maximum atomic E-state index is 10.7. The van der Waals surface area contributed by atoms with E-state index in [1.54, 1.807) is 12.1 Å². The number of halogens is 1. The number of hydrogen-bond acceptors (Lipinski definition) is 3. The van der Waals surface area contributed by atoms with Crippen LogP contribution in [0.3, 0.4) is 0 Å². The van der Waals surface area contributed by atoms with Crippen LogP contribution in [0.2, 0.25) is 0 Å². The van der Waals surface area contributed by atoms with Gasteiger partial charge >= 0.3 is 0 Å². The Morgan fingerprint density at radius 1 is 1.29 bits per heavy atom. The fraction of sp³-hybridized carbons (Fsp3) is 0.462. The monoisotopic (exact) mass is 300 g/mol. The van der Waals surface area contributed by atoms with Crippen LogP contribution >= 0.6 is 15.9 Å². The molecule has 0 unspecified atom stereocenters. The summed E-state index contributed by atoms with van der Waals surface area (Å²) in [5.74, 6) is 0.674. The quantitative estimate of drug-likeness (QED) is 0.617. The first kappa shape index (κ1) is 14.2. The van der Waals surface area contributed by atoms with Gasteiger partial charge in [-0.1, -0.05) is 15.9 Å². The van der Waals surface area contributed by atoms with Crippen LogP contribution in [0.1, 0.15) is 31.1 Å². The molecule has 0 saturated heterocycles. The molecular weight excluding hydrogens is 284 g/mol. The summed E-state index contributed by atoms with van der Waals surface area (Å²) in [6.45, 7) is 6.98. The maximum absolute atomic E-state index is 10.7. The minimum atomic E-state index is -0.156. The van der Waals surface area contributed by atoms with E-state index >= 15 is 0 Å². The van der Waals surface area contributed by atoms with Gasteiger partial charge in [0.05, 0.1) is 12.2 Å². The van der Waals surface area contributed by atoms with Crippen LogP contribution in [-0.2, 0) is 4.74 Å². The van der Waals surface area contributed by atoms with E-state index in [1.807, 2.05) is 26.8 Å². The minimum absolute atomic E-state index is 0.156. The second-order valence-electron chi connectivity index (χ2n) is 4.61. The molecule has 4 heteroatoms. The Bertz CT molecular complexity index is 383. The molecule has 0 aromatic heterocycles. The summed E-state index contributed by atoms with van der Waals surface area (Å²) in [5, 5.41) is 0. The molecule has 0 aliphatic rings. The normalized spacial score (nSPS) is 11.3. The summed E-state index contributed by atoms with van der Waals surface area (Å²) < 4.78 is 11.8. The van der Waals surface area contributed by atoms with Crippen molar-refractivity contribution in [2.24, 2.45) is 0 Å². The Morgan fingerprint density at radius 2 is 2.00 bits per heavy atom. The molecule has 94 valence electrons. The molecule has 0 saturated carbocycles. The first-order chi connectivity index (χ1) is 7.92. The zero-order chi connectivity index (χ0) is 12.9. The van der Waals surface area contributed by atoms with Crippen molar-refractivity contribution in [3.63, 3.8) is 0 Å². The fourth-order valence-electron chi connectivity index (χ4n) is 1.21. The largest absolute Gasteiger partial charge is 0.491 e. The lowest BCUT2D eigenvalue weighted by atomic mass is 10.2. The summed E-state index contributed by atoms with van der Waals surface area (Å²) >= 11 is 3.29. The molecule has 1 aromatic carbocycles. The van der Waals surface area contributed by atoms with E-state index in [9.17, 15) is 4.79 Å². The van der Waals surface area contributed by atoms with Crippen molar-refractivity contribution in [3.8, 4) is 5.75 Å². The molecule has 1 aromatic rings. The van der Waals surface area contributed by atoms with E-state index in [4.69, 9.17) is 9.47 Å². The highest BCUT2D eigenvalue weighted by Gasteiger charge is 2.09. The van der Waals surface area contributed by atoms with Gasteiger partial charge in [-0.15, -0.1) is 0 Å². The smallest absolute Gasteiger partial charge is 0.151 e. The van der Waals surface area contributed by atoms with Crippen molar-refractivity contribution >= 4 is 22.2 Å². The van der Waals surface area contributed by atoms with E-state index in [2.05, 4.69) is 15.9 Å². The molecule has 0 N–H and O–H groups in total. The SMILES string of the molecule is CC(C)(C)OCCOc1ccc(Br)c(C=O)c1. The van der Waals surface area contributed by atoms with Gasteiger partial charge in [-0.25, -0.2) is 0 Å². The highest BCUT2D eigenvalue weighted by molar-refractivity contribution is 9.10. The van der Waals surface area contributed by atoms with E-state index in [0.717, 1.165) is 10.8 Å². The maximum Gasteiger partial charge on any atom is 0.151 e. The van der Waals surface area contributed by atoms with E-state index in [0.29, 0.717) is 24.5 Å². The average Bonchev–Trinajstić information content (AvgIpc) is 2.25. The van der Waals surface area contributed by atoms with Crippen LogP contribution in [0.15, 0.2) is 22.7 Å². The highest BCUT2D eigenvalue weighted by Crippen LogP contribution is 2.21. The number of rotatable bonds is 5. The van der Waals surface area contributed by atoms with Gasteiger partial charge in [-0.3, -0.25) is 4.79 Å². The molecule has 17 heavy (non-hydrogen) atoms. The summed E-state index contributed by atoms with van der Waals surface area (Å²) in [6.07, 6.45) is 0.794. The average molecular weight is 301 g/mol. The molecule has 0 aliphatic heterocycles. The third-order valence-corrected chi connectivity index (χ3v) is 2.70. The molecule has 0 bridgehead atoms. The van der Waals surface area contributed by atoms with Crippen LogP contribution in [-0.4, -0.2) is 25.1 Å². The number of carbonyl (C=O) groups is 1. The second kappa shape index (κ2) is 6.17. The van der Waals surface area contributed by atoms with Crippen molar-refractivity contribution in [1.82, 2.24) is 0 Å².